The van der Waals surface area contributed by atoms with E-state index in [0.29, 0.717) is 11.1 Å². The van der Waals surface area contributed by atoms with Gasteiger partial charge in [-0.2, -0.15) is 0 Å². The molecule has 3 aromatic rings. The Morgan fingerprint density at radius 1 is 1.14 bits per heavy atom. The van der Waals surface area contributed by atoms with Gasteiger partial charge in [-0.05, 0) is 44.5 Å². The number of rotatable bonds is 4. The Labute approximate surface area is 167 Å². The van der Waals surface area contributed by atoms with Crippen LogP contribution in [-0.4, -0.2) is 32.4 Å². The third-order valence-electron chi connectivity index (χ3n) is 4.62. The Balaban J connectivity index is 1.52. The van der Waals surface area contributed by atoms with Gasteiger partial charge in [-0.1, -0.05) is 36.0 Å². The van der Waals surface area contributed by atoms with Crippen LogP contribution in [0.2, 0.25) is 0 Å². The summed E-state index contributed by atoms with van der Waals surface area (Å²) in [5.74, 6) is 0.622. The van der Waals surface area contributed by atoms with E-state index in [2.05, 4.69) is 28.2 Å². The number of anilines is 1. The Hall–Kier alpha value is -2.93. The number of amides is 1. The minimum atomic E-state index is -0.410. The molecule has 0 atom stereocenters. The van der Waals surface area contributed by atoms with Gasteiger partial charge in [0.05, 0.1) is 17.0 Å². The van der Waals surface area contributed by atoms with E-state index < -0.39 is 5.54 Å². The Kier molecular flexibility index (Phi) is 4.77. The molecule has 142 valence electrons. The van der Waals surface area contributed by atoms with Gasteiger partial charge in [-0.25, -0.2) is 0 Å². The highest BCUT2D eigenvalue weighted by Gasteiger charge is 2.35. The number of carbonyl (C=O) groups excluding carboxylic acids is 1. The molecule has 4 rings (SSSR count). The maximum Gasteiger partial charge on any atom is 0.277 e. The molecule has 0 saturated carbocycles. The maximum atomic E-state index is 13.1. The lowest BCUT2D eigenvalue weighted by Gasteiger charge is -2.41. The number of thioether (sulfide) groups is 1. The number of fused-ring (bicyclic) bond motifs is 1. The van der Waals surface area contributed by atoms with E-state index in [-0.39, 0.29) is 11.7 Å². The molecule has 1 aliphatic rings. The highest BCUT2D eigenvalue weighted by atomic mass is 32.2. The highest BCUT2D eigenvalue weighted by Crippen LogP contribution is 2.39. The van der Waals surface area contributed by atoms with Crippen molar-refractivity contribution >= 4 is 28.9 Å². The average molecular weight is 392 g/mol. The average Bonchev–Trinajstić information content (AvgIpc) is 3.15. The summed E-state index contributed by atoms with van der Waals surface area (Å²) in [6, 6.07) is 11.6. The second-order valence-electron chi connectivity index (χ2n) is 7.12. The first-order chi connectivity index (χ1) is 13.5. The number of aromatic nitrogens is 3. The summed E-state index contributed by atoms with van der Waals surface area (Å²) in [6.45, 7) is 6.17. The van der Waals surface area contributed by atoms with Crippen molar-refractivity contribution in [1.29, 1.82) is 0 Å². The Morgan fingerprint density at radius 3 is 2.68 bits per heavy atom. The number of benzene rings is 1. The lowest BCUT2D eigenvalue weighted by atomic mass is 9.89. The molecule has 0 N–H and O–H groups in total. The van der Waals surface area contributed by atoms with Gasteiger partial charge in [0, 0.05) is 23.5 Å². The van der Waals surface area contributed by atoms with Crippen LogP contribution < -0.4 is 4.90 Å². The maximum absolute atomic E-state index is 13.1. The van der Waals surface area contributed by atoms with Gasteiger partial charge in [-0.3, -0.25) is 9.78 Å². The number of nitrogens with zero attached hydrogens (tertiary/aromatic N) is 4. The molecule has 1 amide bonds. The molecular formula is C21H20N4O2S. The Morgan fingerprint density at radius 2 is 1.89 bits per heavy atom. The first kappa shape index (κ1) is 18.4. The predicted octanol–water partition coefficient (Wildman–Crippen LogP) is 4.45. The number of hydrogen-bond donors (Lipinski definition) is 0. The molecule has 6 nitrogen and oxygen atoms in total. The van der Waals surface area contributed by atoms with Crippen LogP contribution in [0, 0.1) is 0 Å². The van der Waals surface area contributed by atoms with Gasteiger partial charge >= 0.3 is 0 Å². The topological polar surface area (TPSA) is 72.1 Å². The summed E-state index contributed by atoms with van der Waals surface area (Å²) in [5.41, 5.74) is 3.58. The van der Waals surface area contributed by atoms with E-state index in [1.807, 2.05) is 43.0 Å². The molecule has 7 heteroatoms. The summed E-state index contributed by atoms with van der Waals surface area (Å²) in [6.07, 6.45) is 5.47. The van der Waals surface area contributed by atoms with E-state index in [1.54, 1.807) is 24.5 Å². The van der Waals surface area contributed by atoms with E-state index in [9.17, 15) is 4.79 Å². The number of allylic oxidation sites excluding steroid dienone is 1. The molecule has 0 saturated heterocycles. The molecule has 1 aromatic carbocycles. The van der Waals surface area contributed by atoms with E-state index in [0.717, 1.165) is 16.8 Å². The van der Waals surface area contributed by atoms with Crippen molar-refractivity contribution in [2.45, 2.75) is 31.5 Å². The van der Waals surface area contributed by atoms with E-state index in [1.165, 1.54) is 17.3 Å². The molecule has 1 aliphatic heterocycles. The zero-order chi connectivity index (χ0) is 19.7. The van der Waals surface area contributed by atoms with Crippen molar-refractivity contribution in [2.75, 3.05) is 10.7 Å². The number of pyridine rings is 1. The van der Waals surface area contributed by atoms with Crippen molar-refractivity contribution in [3.05, 3.63) is 60.4 Å². The van der Waals surface area contributed by atoms with Crippen LogP contribution >= 0.6 is 11.8 Å². The zero-order valence-corrected chi connectivity index (χ0v) is 16.7. The molecule has 0 unspecified atom stereocenters. The summed E-state index contributed by atoms with van der Waals surface area (Å²) in [4.78, 5) is 18.9. The van der Waals surface area contributed by atoms with Gasteiger partial charge in [0.1, 0.15) is 0 Å². The fourth-order valence-corrected chi connectivity index (χ4v) is 4.12. The summed E-state index contributed by atoms with van der Waals surface area (Å²) in [5, 5.41) is 8.47. The molecule has 28 heavy (non-hydrogen) atoms. The fourth-order valence-electron chi connectivity index (χ4n) is 3.51. The monoisotopic (exact) mass is 392 g/mol. The van der Waals surface area contributed by atoms with Crippen molar-refractivity contribution in [1.82, 2.24) is 15.2 Å². The number of carbonyl (C=O) groups is 1. The first-order valence-corrected chi connectivity index (χ1v) is 9.93. The van der Waals surface area contributed by atoms with Gasteiger partial charge < -0.3 is 9.32 Å². The number of para-hydroxylation sites is 1. The lowest BCUT2D eigenvalue weighted by Crippen LogP contribution is -2.49. The third-order valence-corrected chi connectivity index (χ3v) is 5.42. The molecule has 0 spiro atoms. The standard InChI is InChI=1S/C21H20N4O2S/c1-14-12-21(2,3)25(17-7-5-4-6-16(14)17)18(26)13-28-20-24-23-19(27-20)15-8-10-22-11-9-15/h4-12H,13H2,1-3H3. The van der Waals surface area contributed by atoms with Crippen LogP contribution in [0.1, 0.15) is 26.3 Å². The largest absolute Gasteiger partial charge is 0.411 e. The van der Waals surface area contributed by atoms with Crippen molar-refractivity contribution in [2.24, 2.45) is 0 Å². The van der Waals surface area contributed by atoms with Gasteiger partial charge in [-0.15, -0.1) is 10.2 Å². The minimum Gasteiger partial charge on any atom is -0.411 e. The molecule has 3 heterocycles. The molecule has 0 fully saturated rings. The first-order valence-electron chi connectivity index (χ1n) is 8.94. The van der Waals surface area contributed by atoms with Crippen LogP contribution in [0.25, 0.3) is 17.0 Å². The number of hydrogen-bond acceptors (Lipinski definition) is 6. The highest BCUT2D eigenvalue weighted by molar-refractivity contribution is 7.99. The minimum absolute atomic E-state index is 0.00476. The van der Waals surface area contributed by atoms with Crippen LogP contribution in [0.4, 0.5) is 5.69 Å². The van der Waals surface area contributed by atoms with Crippen LogP contribution in [-0.2, 0) is 4.79 Å². The summed E-state index contributed by atoms with van der Waals surface area (Å²) in [7, 11) is 0. The quantitative estimate of drug-likeness (QED) is 0.611. The van der Waals surface area contributed by atoms with Crippen molar-refractivity contribution in [3.63, 3.8) is 0 Å². The molecule has 2 aromatic heterocycles. The lowest BCUT2D eigenvalue weighted by molar-refractivity contribution is -0.116. The predicted molar refractivity (Wildman–Crippen MR) is 110 cm³/mol. The van der Waals surface area contributed by atoms with E-state index in [4.69, 9.17) is 4.42 Å². The SMILES string of the molecule is CC1=CC(C)(C)N(C(=O)CSc2nnc(-c3ccncc3)o2)c2ccccc21. The van der Waals surface area contributed by atoms with Gasteiger partial charge in [0.25, 0.3) is 5.22 Å². The molecule has 0 aliphatic carbocycles. The zero-order valence-electron chi connectivity index (χ0n) is 15.9. The van der Waals surface area contributed by atoms with Crippen molar-refractivity contribution < 1.29 is 9.21 Å². The fraction of sp³-hybridized carbons (Fsp3) is 0.238. The molecular weight excluding hydrogens is 372 g/mol. The van der Waals surface area contributed by atoms with Crippen molar-refractivity contribution in [3.8, 4) is 11.5 Å². The molecule has 0 radical (unpaired) electrons. The van der Waals surface area contributed by atoms with Crippen LogP contribution in [0.15, 0.2) is 64.5 Å². The third kappa shape index (κ3) is 3.45. The second-order valence-corrected chi connectivity index (χ2v) is 8.05. The van der Waals surface area contributed by atoms with E-state index >= 15 is 0 Å². The van der Waals surface area contributed by atoms with Gasteiger partial charge in [0.2, 0.25) is 11.8 Å². The van der Waals surface area contributed by atoms with Gasteiger partial charge in [0.15, 0.2) is 0 Å². The Bertz CT molecular complexity index is 1040. The van der Waals surface area contributed by atoms with Crippen LogP contribution in [0.3, 0.4) is 0 Å². The smallest absolute Gasteiger partial charge is 0.277 e. The van der Waals surface area contributed by atoms with Crippen LogP contribution in [0.5, 0.6) is 0 Å². The second kappa shape index (κ2) is 7.24. The molecule has 0 bridgehead atoms. The normalized spacial score (nSPS) is 15.1. The summed E-state index contributed by atoms with van der Waals surface area (Å²) < 4.78 is 5.68. The summed E-state index contributed by atoms with van der Waals surface area (Å²) >= 11 is 1.25.